The van der Waals surface area contributed by atoms with Crippen molar-refractivity contribution in [1.29, 1.82) is 0 Å². The number of aliphatic carboxylic acids is 2. The molecule has 2 rings (SSSR count). The van der Waals surface area contributed by atoms with Crippen molar-refractivity contribution < 1.29 is 58.8 Å². The molecule has 0 fully saturated rings. The van der Waals surface area contributed by atoms with Crippen LogP contribution in [0, 0.1) is 5.92 Å². The number of carbonyl (C=O) groups is 8. The second-order valence-electron chi connectivity index (χ2n) is 13.0. The highest BCUT2D eigenvalue weighted by Crippen LogP contribution is 2.19. The van der Waals surface area contributed by atoms with Gasteiger partial charge in [-0.2, -0.15) is 0 Å². The number of amides is 6. The summed E-state index contributed by atoms with van der Waals surface area (Å²) in [4.78, 5) is 105. The van der Waals surface area contributed by atoms with Gasteiger partial charge in [0.1, 0.15) is 36.3 Å². The number of rotatable bonds is 20. The number of nitrogens with one attached hydrogen (secondary N) is 4. The van der Waals surface area contributed by atoms with Crippen LogP contribution >= 0.6 is 0 Å². The lowest BCUT2D eigenvalue weighted by Gasteiger charge is -2.31. The number of benzene rings is 2. The Morgan fingerprint density at radius 2 is 1.05 bits per heavy atom. The standard InChI is InChI=1S/C36H49N7O12/c1-19(2)27(37)31(49)39-24(17-44)35(53)43(5)25(18-45)30(48)40-29(22-14-10-7-11-15-22)33(51)41-28(21-12-8-6-9-13-21)32(50)38-23(16-26(46)47)34(52)42(4)20(3)36(54)55/h6-15,19-20,23-25,27-29,44-45H,16-18,37H2,1-5H3,(H,38,50)(H,39,49)(H,40,48)(H,41,51)(H,46,47)(H,54,55)/t20-,23-,24-,25-,27-,28-,29-/m0/s1. The molecule has 0 unspecified atom stereocenters. The van der Waals surface area contributed by atoms with E-state index in [9.17, 15) is 58.8 Å². The van der Waals surface area contributed by atoms with Crippen LogP contribution in [0.4, 0.5) is 0 Å². The van der Waals surface area contributed by atoms with Gasteiger partial charge in [0, 0.05) is 14.1 Å². The zero-order valence-corrected chi connectivity index (χ0v) is 31.0. The Bertz CT molecular complexity index is 1680. The van der Waals surface area contributed by atoms with Crippen LogP contribution in [0.3, 0.4) is 0 Å². The quantitative estimate of drug-likeness (QED) is 0.0696. The minimum atomic E-state index is -1.75. The second-order valence-corrected chi connectivity index (χ2v) is 13.0. The highest BCUT2D eigenvalue weighted by molar-refractivity contribution is 5.98. The molecule has 2 aromatic rings. The molecular formula is C36H49N7O12. The molecule has 7 atom stereocenters. The number of aliphatic hydroxyl groups excluding tert-OH is 2. The van der Waals surface area contributed by atoms with Crippen LogP contribution in [0.15, 0.2) is 60.7 Å². The maximum Gasteiger partial charge on any atom is 0.326 e. The SMILES string of the molecule is CC(C)[C@H](N)C(=O)N[C@@H](CO)C(=O)N(C)[C@@H](CO)C(=O)N[C@H](C(=O)N[C@H](C(=O)N[C@@H](CC(=O)O)C(=O)N(C)[C@@H](C)C(=O)O)c1ccccc1)c1ccccc1. The Kier molecular flexibility index (Phi) is 17.3. The average molecular weight is 772 g/mol. The molecule has 2 aromatic carbocycles. The van der Waals surface area contributed by atoms with E-state index < -0.39 is 109 Å². The lowest BCUT2D eigenvalue weighted by molar-refractivity contribution is -0.150. The molecule has 55 heavy (non-hydrogen) atoms. The first kappa shape index (κ1) is 45.2. The number of nitrogens with zero attached hydrogens (tertiary/aromatic N) is 2. The number of aliphatic hydroxyl groups is 2. The molecule has 300 valence electrons. The number of carboxylic acid groups (broad SMARTS) is 2. The molecule has 0 saturated heterocycles. The van der Waals surface area contributed by atoms with Crippen molar-refractivity contribution in [2.24, 2.45) is 11.7 Å². The van der Waals surface area contributed by atoms with Gasteiger partial charge in [-0.3, -0.25) is 33.6 Å². The number of nitrogens with two attached hydrogens (primary N) is 1. The van der Waals surface area contributed by atoms with E-state index in [0.717, 1.165) is 23.9 Å². The van der Waals surface area contributed by atoms with Gasteiger partial charge in [0.05, 0.1) is 25.7 Å². The van der Waals surface area contributed by atoms with Gasteiger partial charge in [-0.05, 0) is 24.0 Å². The molecular weight excluding hydrogens is 722 g/mol. The molecule has 10 N–H and O–H groups in total. The van der Waals surface area contributed by atoms with Gasteiger partial charge in [-0.1, -0.05) is 74.5 Å². The van der Waals surface area contributed by atoms with E-state index in [1.165, 1.54) is 43.3 Å². The van der Waals surface area contributed by atoms with Gasteiger partial charge in [0.15, 0.2) is 0 Å². The van der Waals surface area contributed by atoms with Gasteiger partial charge in [0.2, 0.25) is 35.4 Å². The minimum absolute atomic E-state index is 0.174. The largest absolute Gasteiger partial charge is 0.481 e. The van der Waals surface area contributed by atoms with E-state index in [1.807, 2.05) is 0 Å². The Labute approximate surface area is 317 Å². The highest BCUT2D eigenvalue weighted by Gasteiger charge is 2.37. The van der Waals surface area contributed by atoms with Gasteiger partial charge in [0.25, 0.3) is 0 Å². The van der Waals surface area contributed by atoms with Crippen LogP contribution in [-0.2, 0) is 38.4 Å². The number of carboxylic acids is 2. The zero-order chi connectivity index (χ0) is 41.6. The summed E-state index contributed by atoms with van der Waals surface area (Å²) in [5.74, 6) is -9.00. The predicted molar refractivity (Wildman–Crippen MR) is 194 cm³/mol. The molecule has 19 nitrogen and oxygen atoms in total. The van der Waals surface area contributed by atoms with E-state index in [2.05, 4.69) is 21.3 Å². The number of likely N-dealkylation sites (N-methyl/N-ethyl adjacent to an activating group) is 2. The Morgan fingerprint density at radius 3 is 1.47 bits per heavy atom. The first-order chi connectivity index (χ1) is 25.9. The summed E-state index contributed by atoms with van der Waals surface area (Å²) in [6.07, 6.45) is -0.931. The van der Waals surface area contributed by atoms with E-state index in [1.54, 1.807) is 38.1 Å². The van der Waals surface area contributed by atoms with Gasteiger partial charge in [-0.15, -0.1) is 0 Å². The number of carbonyl (C=O) groups excluding carboxylic acids is 6. The molecule has 19 heteroatoms. The van der Waals surface area contributed by atoms with Crippen molar-refractivity contribution in [2.75, 3.05) is 27.3 Å². The normalized spacial score (nSPS) is 14.8. The van der Waals surface area contributed by atoms with Crippen molar-refractivity contribution in [1.82, 2.24) is 31.1 Å². The van der Waals surface area contributed by atoms with Crippen molar-refractivity contribution in [3.05, 3.63) is 71.8 Å². The third-order valence-corrected chi connectivity index (χ3v) is 8.75. The lowest BCUT2D eigenvalue weighted by Crippen LogP contribution is -2.59. The van der Waals surface area contributed by atoms with E-state index in [4.69, 9.17) is 5.73 Å². The van der Waals surface area contributed by atoms with Crippen molar-refractivity contribution in [3.8, 4) is 0 Å². The molecule has 6 amide bonds. The summed E-state index contributed by atoms with van der Waals surface area (Å²) in [5.41, 5.74) is 6.21. The summed E-state index contributed by atoms with van der Waals surface area (Å²) in [7, 11) is 2.26. The van der Waals surface area contributed by atoms with Crippen LogP contribution in [-0.4, -0.2) is 135 Å². The van der Waals surface area contributed by atoms with E-state index >= 15 is 0 Å². The Balaban J connectivity index is 2.45. The Hall–Kier alpha value is -5.92. The summed E-state index contributed by atoms with van der Waals surface area (Å²) < 4.78 is 0. The second kappa shape index (κ2) is 21.1. The molecule has 0 spiro atoms. The summed E-state index contributed by atoms with van der Waals surface area (Å²) in [5, 5.41) is 48.6. The van der Waals surface area contributed by atoms with Crippen molar-refractivity contribution in [3.63, 3.8) is 0 Å². The molecule has 0 aliphatic heterocycles. The number of hydrogen-bond donors (Lipinski definition) is 9. The summed E-state index contributed by atoms with van der Waals surface area (Å²) >= 11 is 0. The summed E-state index contributed by atoms with van der Waals surface area (Å²) in [6, 6.07) is 4.76. The van der Waals surface area contributed by atoms with E-state index in [0.29, 0.717) is 0 Å². The molecule has 0 aromatic heterocycles. The van der Waals surface area contributed by atoms with Crippen LogP contribution < -0.4 is 27.0 Å². The monoisotopic (exact) mass is 771 g/mol. The smallest absolute Gasteiger partial charge is 0.326 e. The fraction of sp³-hybridized carbons (Fsp3) is 0.444. The molecule has 0 aliphatic carbocycles. The van der Waals surface area contributed by atoms with Crippen molar-refractivity contribution in [2.45, 2.75) is 69.5 Å². The third kappa shape index (κ3) is 12.6. The lowest BCUT2D eigenvalue weighted by atomic mass is 10.0. The van der Waals surface area contributed by atoms with Gasteiger partial charge < -0.3 is 57.2 Å². The highest BCUT2D eigenvalue weighted by atomic mass is 16.4. The first-order valence-corrected chi connectivity index (χ1v) is 17.1. The maximum atomic E-state index is 14.1. The molecule has 0 aliphatic rings. The predicted octanol–water partition coefficient (Wildman–Crippen LogP) is -2.13. The van der Waals surface area contributed by atoms with Crippen LogP contribution in [0.25, 0.3) is 0 Å². The summed E-state index contributed by atoms with van der Waals surface area (Å²) in [6.45, 7) is 2.70. The topological polar surface area (TPSA) is 298 Å². The molecule has 0 saturated carbocycles. The minimum Gasteiger partial charge on any atom is -0.481 e. The zero-order valence-electron chi connectivity index (χ0n) is 31.0. The van der Waals surface area contributed by atoms with Gasteiger partial charge in [-0.25, -0.2) is 4.79 Å². The maximum absolute atomic E-state index is 14.1. The first-order valence-electron chi connectivity index (χ1n) is 17.1. The molecule has 0 radical (unpaired) electrons. The van der Waals surface area contributed by atoms with Gasteiger partial charge >= 0.3 is 11.9 Å². The van der Waals surface area contributed by atoms with Crippen LogP contribution in [0.1, 0.15) is 50.4 Å². The Morgan fingerprint density at radius 1 is 0.618 bits per heavy atom. The number of hydrogen-bond acceptors (Lipinski definition) is 11. The van der Waals surface area contributed by atoms with Crippen molar-refractivity contribution >= 4 is 47.4 Å². The van der Waals surface area contributed by atoms with Crippen LogP contribution in [0.2, 0.25) is 0 Å². The van der Waals surface area contributed by atoms with Crippen LogP contribution in [0.5, 0.6) is 0 Å². The fourth-order valence-electron chi connectivity index (χ4n) is 5.12. The molecule has 0 bridgehead atoms. The molecule has 0 heterocycles. The third-order valence-electron chi connectivity index (χ3n) is 8.75. The fourth-order valence-corrected chi connectivity index (χ4v) is 5.12. The average Bonchev–Trinajstić information content (AvgIpc) is 3.16. The van der Waals surface area contributed by atoms with E-state index in [-0.39, 0.29) is 17.0 Å².